The highest BCUT2D eigenvalue weighted by molar-refractivity contribution is 7.89. The van der Waals surface area contributed by atoms with E-state index in [9.17, 15) is 13.2 Å². The van der Waals surface area contributed by atoms with Crippen LogP contribution in [0.2, 0.25) is 0 Å². The second-order valence-electron chi connectivity index (χ2n) is 5.98. The summed E-state index contributed by atoms with van der Waals surface area (Å²) in [5.74, 6) is -0.161. The number of sulfonamides is 1. The van der Waals surface area contributed by atoms with Crippen molar-refractivity contribution in [2.24, 2.45) is 0 Å². The molecule has 2 aromatic carbocycles. The van der Waals surface area contributed by atoms with Gasteiger partial charge in [-0.1, -0.05) is 30.3 Å². The topological polar surface area (TPSA) is 90.3 Å². The van der Waals surface area contributed by atoms with E-state index in [1.165, 1.54) is 20.2 Å². The highest BCUT2D eigenvalue weighted by atomic mass is 32.2. The largest absolute Gasteiger partial charge is 0.352 e. The van der Waals surface area contributed by atoms with Crippen LogP contribution in [-0.4, -0.2) is 32.7 Å². The van der Waals surface area contributed by atoms with Crippen molar-refractivity contribution in [3.63, 3.8) is 0 Å². The molecule has 0 atom stereocenters. The van der Waals surface area contributed by atoms with E-state index in [4.69, 9.17) is 5.26 Å². The Labute approximate surface area is 154 Å². The van der Waals surface area contributed by atoms with Gasteiger partial charge in [0.05, 0.1) is 16.5 Å². The van der Waals surface area contributed by atoms with Gasteiger partial charge in [0.1, 0.15) is 0 Å². The van der Waals surface area contributed by atoms with Crippen molar-refractivity contribution in [1.29, 1.82) is 5.26 Å². The maximum atomic E-state index is 12.4. The summed E-state index contributed by atoms with van der Waals surface area (Å²) in [5, 5.41) is 11.5. The third kappa shape index (κ3) is 4.91. The molecule has 0 bridgehead atoms. The molecule has 0 saturated heterocycles. The lowest BCUT2D eigenvalue weighted by Crippen LogP contribution is -2.27. The van der Waals surface area contributed by atoms with Crippen LogP contribution in [0.15, 0.2) is 53.4 Å². The minimum Gasteiger partial charge on any atom is -0.352 e. The van der Waals surface area contributed by atoms with Gasteiger partial charge in [0.25, 0.3) is 0 Å². The van der Waals surface area contributed by atoms with E-state index in [2.05, 4.69) is 11.4 Å². The second-order valence-corrected chi connectivity index (χ2v) is 8.10. The number of benzene rings is 2. The van der Waals surface area contributed by atoms with Crippen LogP contribution in [0.3, 0.4) is 0 Å². The van der Waals surface area contributed by atoms with Crippen molar-refractivity contribution in [3.05, 3.63) is 65.2 Å². The SMILES string of the molecule is CN(C)S(=O)(=O)c1ccccc1CNC(=O)CCc1ccc(C#N)cc1. The molecular weight excluding hydrogens is 350 g/mol. The van der Waals surface area contributed by atoms with E-state index in [1.807, 2.05) is 12.1 Å². The van der Waals surface area contributed by atoms with Gasteiger partial charge in [-0.3, -0.25) is 4.79 Å². The van der Waals surface area contributed by atoms with E-state index in [-0.39, 0.29) is 23.8 Å². The minimum absolute atomic E-state index is 0.148. The molecule has 0 saturated carbocycles. The summed E-state index contributed by atoms with van der Waals surface area (Å²) >= 11 is 0. The molecule has 7 heteroatoms. The fourth-order valence-corrected chi connectivity index (χ4v) is 3.50. The molecule has 136 valence electrons. The van der Waals surface area contributed by atoms with Gasteiger partial charge in [0.2, 0.25) is 15.9 Å². The van der Waals surface area contributed by atoms with Crippen LogP contribution in [-0.2, 0) is 27.8 Å². The van der Waals surface area contributed by atoms with Gasteiger partial charge in [0.15, 0.2) is 0 Å². The maximum Gasteiger partial charge on any atom is 0.242 e. The lowest BCUT2D eigenvalue weighted by molar-refractivity contribution is -0.121. The molecule has 0 fully saturated rings. The number of carbonyl (C=O) groups is 1. The number of hydrogen-bond acceptors (Lipinski definition) is 4. The zero-order chi connectivity index (χ0) is 19.2. The van der Waals surface area contributed by atoms with Crippen LogP contribution < -0.4 is 5.32 Å². The number of nitrogens with zero attached hydrogens (tertiary/aromatic N) is 2. The Morgan fingerprint density at radius 1 is 1.12 bits per heavy atom. The normalized spacial score (nSPS) is 11.2. The molecular formula is C19H21N3O3S. The molecule has 26 heavy (non-hydrogen) atoms. The Morgan fingerprint density at radius 3 is 2.38 bits per heavy atom. The standard InChI is InChI=1S/C19H21N3O3S/c1-22(2)26(24,25)18-6-4-3-5-17(18)14-21-19(23)12-11-15-7-9-16(13-20)10-8-15/h3-10H,11-12,14H2,1-2H3,(H,21,23). The average molecular weight is 371 g/mol. The molecule has 1 N–H and O–H groups in total. The van der Waals surface area contributed by atoms with Crippen molar-refractivity contribution >= 4 is 15.9 Å². The molecule has 2 aromatic rings. The first-order chi connectivity index (χ1) is 12.3. The zero-order valence-electron chi connectivity index (χ0n) is 14.8. The second kappa shape index (κ2) is 8.61. The van der Waals surface area contributed by atoms with E-state index in [0.29, 0.717) is 17.5 Å². The van der Waals surface area contributed by atoms with E-state index >= 15 is 0 Å². The summed E-state index contributed by atoms with van der Waals surface area (Å²) in [4.78, 5) is 12.3. The molecule has 0 aromatic heterocycles. The summed E-state index contributed by atoms with van der Waals surface area (Å²) < 4.78 is 25.9. The molecule has 2 rings (SSSR count). The fourth-order valence-electron chi connectivity index (χ4n) is 2.38. The quantitative estimate of drug-likeness (QED) is 0.807. The number of nitrogens with one attached hydrogen (secondary N) is 1. The Kier molecular flexibility index (Phi) is 6.50. The molecule has 0 aliphatic rings. The van der Waals surface area contributed by atoms with Gasteiger partial charge in [-0.25, -0.2) is 12.7 Å². The highest BCUT2D eigenvalue weighted by Crippen LogP contribution is 2.18. The molecule has 0 aliphatic carbocycles. The predicted octanol–water partition coefficient (Wildman–Crippen LogP) is 2.06. The summed E-state index contributed by atoms with van der Waals surface area (Å²) in [7, 11) is -0.613. The van der Waals surface area contributed by atoms with Crippen molar-refractivity contribution in [2.75, 3.05) is 14.1 Å². The van der Waals surface area contributed by atoms with Crippen LogP contribution >= 0.6 is 0 Å². The Bertz CT molecular complexity index is 914. The number of hydrogen-bond donors (Lipinski definition) is 1. The lowest BCUT2D eigenvalue weighted by atomic mass is 10.1. The molecule has 0 heterocycles. The lowest BCUT2D eigenvalue weighted by Gasteiger charge is -2.15. The predicted molar refractivity (Wildman–Crippen MR) is 98.6 cm³/mol. The van der Waals surface area contributed by atoms with Crippen molar-refractivity contribution in [2.45, 2.75) is 24.3 Å². The van der Waals surface area contributed by atoms with Crippen LogP contribution in [0.1, 0.15) is 23.1 Å². The first-order valence-corrected chi connectivity index (χ1v) is 9.55. The molecule has 0 spiro atoms. The summed E-state index contributed by atoms with van der Waals surface area (Å²) in [6.45, 7) is 0.148. The molecule has 0 unspecified atom stereocenters. The molecule has 0 aliphatic heterocycles. The monoisotopic (exact) mass is 371 g/mol. The molecule has 6 nitrogen and oxygen atoms in total. The van der Waals surface area contributed by atoms with Gasteiger partial charge >= 0.3 is 0 Å². The smallest absolute Gasteiger partial charge is 0.242 e. The van der Waals surface area contributed by atoms with E-state index in [1.54, 1.807) is 30.3 Å². The van der Waals surface area contributed by atoms with Gasteiger partial charge in [-0.2, -0.15) is 5.26 Å². The van der Waals surface area contributed by atoms with Crippen molar-refractivity contribution < 1.29 is 13.2 Å². The van der Waals surface area contributed by atoms with Crippen molar-refractivity contribution in [1.82, 2.24) is 9.62 Å². The number of amides is 1. The van der Waals surface area contributed by atoms with Gasteiger partial charge in [-0.05, 0) is 35.7 Å². The van der Waals surface area contributed by atoms with Crippen LogP contribution in [0.4, 0.5) is 0 Å². The Morgan fingerprint density at radius 2 is 1.77 bits per heavy atom. The number of rotatable bonds is 7. The molecule has 0 radical (unpaired) electrons. The average Bonchev–Trinajstić information content (AvgIpc) is 2.65. The first-order valence-electron chi connectivity index (χ1n) is 8.11. The minimum atomic E-state index is -3.56. The van der Waals surface area contributed by atoms with Crippen molar-refractivity contribution in [3.8, 4) is 6.07 Å². The van der Waals surface area contributed by atoms with Crippen LogP contribution in [0, 0.1) is 11.3 Å². The van der Waals surface area contributed by atoms with Gasteiger partial charge < -0.3 is 5.32 Å². The maximum absolute atomic E-state index is 12.4. The zero-order valence-corrected chi connectivity index (χ0v) is 15.6. The van der Waals surface area contributed by atoms with E-state index < -0.39 is 10.0 Å². The van der Waals surface area contributed by atoms with Crippen LogP contribution in [0.25, 0.3) is 0 Å². The first kappa shape index (κ1) is 19.6. The van der Waals surface area contributed by atoms with Gasteiger partial charge in [-0.15, -0.1) is 0 Å². The third-order valence-electron chi connectivity index (χ3n) is 3.93. The number of aryl methyl sites for hydroxylation is 1. The number of nitriles is 1. The van der Waals surface area contributed by atoms with Crippen LogP contribution in [0.5, 0.6) is 0 Å². The Hall–Kier alpha value is -2.69. The fraction of sp³-hybridized carbons (Fsp3) is 0.263. The third-order valence-corrected chi connectivity index (χ3v) is 5.85. The summed E-state index contributed by atoms with van der Waals surface area (Å²) in [6.07, 6.45) is 0.837. The summed E-state index contributed by atoms with van der Waals surface area (Å²) in [6, 6.07) is 15.8. The Balaban J connectivity index is 1.96. The summed E-state index contributed by atoms with van der Waals surface area (Å²) in [5.41, 5.74) is 2.10. The molecule has 1 amide bonds. The highest BCUT2D eigenvalue weighted by Gasteiger charge is 2.20. The van der Waals surface area contributed by atoms with E-state index in [0.717, 1.165) is 9.87 Å². The van der Waals surface area contributed by atoms with Gasteiger partial charge in [0, 0.05) is 27.1 Å². The number of carbonyl (C=O) groups excluding carboxylic acids is 1.